The van der Waals surface area contributed by atoms with Crippen LogP contribution in [0.25, 0.3) is 0 Å². The Morgan fingerprint density at radius 1 is 1.38 bits per heavy atom. The summed E-state index contributed by atoms with van der Waals surface area (Å²) in [5.74, 6) is 0.224. The number of aromatic nitrogens is 2. The molecule has 0 saturated carbocycles. The third-order valence-corrected chi connectivity index (χ3v) is 5.61. The summed E-state index contributed by atoms with van der Waals surface area (Å²) in [6.45, 7) is 5.89. The molecule has 2 rings (SSSR count). The Bertz CT molecular complexity index is 499. The third kappa shape index (κ3) is 5.17. The fraction of sp³-hybridized carbons (Fsp3) is 0.667. The molecule has 0 aliphatic carbocycles. The van der Waals surface area contributed by atoms with Gasteiger partial charge in [-0.1, -0.05) is 42.2 Å². The average Bonchev–Trinajstić information content (AvgIpc) is 2.93. The molecule has 1 aromatic heterocycles. The Labute approximate surface area is 138 Å². The highest BCUT2D eigenvalue weighted by molar-refractivity contribution is 8.23. The fourth-order valence-electron chi connectivity index (χ4n) is 1.81. The standard InChI is InChI=1S/C12H19N5OS3/c1-3-10-14-15-11(21-10)13-9(18)8-20-12(19)17-6-4-16(2)5-7-17/h3-8H2,1-2H3,(H,13,15,18). The van der Waals surface area contributed by atoms with Gasteiger partial charge in [0.25, 0.3) is 0 Å². The van der Waals surface area contributed by atoms with Crippen LogP contribution in [-0.2, 0) is 11.2 Å². The van der Waals surface area contributed by atoms with Gasteiger partial charge in [0.1, 0.15) is 9.33 Å². The topological polar surface area (TPSA) is 61.4 Å². The van der Waals surface area contributed by atoms with Crippen LogP contribution in [-0.4, -0.2) is 69.2 Å². The number of nitrogens with one attached hydrogen (secondary N) is 1. The van der Waals surface area contributed by atoms with E-state index in [1.807, 2.05) is 6.92 Å². The van der Waals surface area contributed by atoms with Crippen LogP contribution in [0.5, 0.6) is 0 Å². The van der Waals surface area contributed by atoms with Crippen molar-refractivity contribution in [3.8, 4) is 0 Å². The lowest BCUT2D eigenvalue weighted by molar-refractivity contribution is -0.113. The van der Waals surface area contributed by atoms with Crippen LogP contribution in [0, 0.1) is 0 Å². The summed E-state index contributed by atoms with van der Waals surface area (Å²) in [6.07, 6.45) is 0.829. The van der Waals surface area contributed by atoms with Crippen LogP contribution in [0.3, 0.4) is 0 Å². The van der Waals surface area contributed by atoms with Gasteiger partial charge in [0.15, 0.2) is 0 Å². The lowest BCUT2D eigenvalue weighted by Crippen LogP contribution is -2.46. The summed E-state index contributed by atoms with van der Waals surface area (Å²) in [6, 6.07) is 0. The lowest BCUT2D eigenvalue weighted by Gasteiger charge is -2.33. The number of nitrogens with zero attached hydrogens (tertiary/aromatic N) is 4. The summed E-state index contributed by atoms with van der Waals surface area (Å²) >= 11 is 8.20. The van der Waals surface area contributed by atoms with Crippen molar-refractivity contribution in [3.63, 3.8) is 0 Å². The van der Waals surface area contributed by atoms with Crippen molar-refractivity contribution in [1.82, 2.24) is 20.0 Å². The number of hydrogen-bond acceptors (Lipinski definition) is 7. The van der Waals surface area contributed by atoms with Crippen LogP contribution in [0.1, 0.15) is 11.9 Å². The van der Waals surface area contributed by atoms with Gasteiger partial charge in [0, 0.05) is 26.2 Å². The van der Waals surface area contributed by atoms with E-state index in [4.69, 9.17) is 12.2 Å². The number of carbonyl (C=O) groups excluding carboxylic acids is 1. The zero-order valence-electron chi connectivity index (χ0n) is 12.2. The monoisotopic (exact) mass is 345 g/mol. The summed E-state index contributed by atoms with van der Waals surface area (Å²) in [5.41, 5.74) is 0. The number of amides is 1. The van der Waals surface area contributed by atoms with Gasteiger partial charge in [-0.05, 0) is 13.5 Å². The van der Waals surface area contributed by atoms with Crippen molar-refractivity contribution in [2.45, 2.75) is 13.3 Å². The van der Waals surface area contributed by atoms with Crippen LogP contribution < -0.4 is 5.32 Å². The highest BCUT2D eigenvalue weighted by Gasteiger charge is 2.17. The van der Waals surface area contributed by atoms with Gasteiger partial charge in [-0.25, -0.2) is 0 Å². The molecule has 1 aliphatic rings. The van der Waals surface area contributed by atoms with Crippen molar-refractivity contribution >= 4 is 50.7 Å². The van der Waals surface area contributed by atoms with E-state index in [0.29, 0.717) is 10.9 Å². The molecule has 9 heteroatoms. The summed E-state index contributed by atoms with van der Waals surface area (Å²) < 4.78 is 0.796. The van der Waals surface area contributed by atoms with Gasteiger partial charge in [-0.2, -0.15) is 0 Å². The van der Waals surface area contributed by atoms with Crippen molar-refractivity contribution < 1.29 is 4.79 Å². The first kappa shape index (κ1) is 16.6. The van der Waals surface area contributed by atoms with E-state index < -0.39 is 0 Å². The number of piperazine rings is 1. The molecule has 0 bridgehead atoms. The highest BCUT2D eigenvalue weighted by atomic mass is 32.2. The number of rotatable bonds is 4. The summed E-state index contributed by atoms with van der Waals surface area (Å²) in [5, 5.41) is 12.1. The molecule has 0 aromatic carbocycles. The molecule has 1 amide bonds. The Hall–Kier alpha value is -0.770. The van der Waals surface area contributed by atoms with Gasteiger partial charge in [-0.15, -0.1) is 10.2 Å². The lowest BCUT2D eigenvalue weighted by atomic mass is 10.4. The molecule has 0 atom stereocenters. The van der Waals surface area contributed by atoms with E-state index in [1.54, 1.807) is 0 Å². The molecule has 2 heterocycles. The van der Waals surface area contributed by atoms with Gasteiger partial charge in [-0.3, -0.25) is 10.1 Å². The largest absolute Gasteiger partial charge is 0.355 e. The second-order valence-corrected chi connectivity index (χ2v) is 7.42. The van der Waals surface area contributed by atoms with E-state index in [2.05, 4.69) is 32.4 Å². The van der Waals surface area contributed by atoms with Crippen molar-refractivity contribution in [3.05, 3.63) is 5.01 Å². The molecular formula is C12H19N5OS3. The van der Waals surface area contributed by atoms with Gasteiger partial charge >= 0.3 is 0 Å². The van der Waals surface area contributed by atoms with E-state index in [9.17, 15) is 4.79 Å². The minimum atomic E-state index is -0.0877. The maximum Gasteiger partial charge on any atom is 0.236 e. The smallest absolute Gasteiger partial charge is 0.236 e. The molecule has 0 spiro atoms. The quantitative estimate of drug-likeness (QED) is 0.826. The maximum atomic E-state index is 11.9. The normalized spacial score (nSPS) is 16.0. The maximum absolute atomic E-state index is 11.9. The molecule has 1 N–H and O–H groups in total. The molecule has 1 saturated heterocycles. The minimum Gasteiger partial charge on any atom is -0.355 e. The van der Waals surface area contributed by atoms with Crippen molar-refractivity contribution in [1.29, 1.82) is 0 Å². The minimum absolute atomic E-state index is 0.0877. The van der Waals surface area contributed by atoms with Gasteiger partial charge in [0.2, 0.25) is 11.0 Å². The predicted octanol–water partition coefficient (Wildman–Crippen LogP) is 1.30. The molecule has 1 fully saturated rings. The molecule has 0 unspecified atom stereocenters. The van der Waals surface area contributed by atoms with E-state index >= 15 is 0 Å². The summed E-state index contributed by atoms with van der Waals surface area (Å²) in [4.78, 5) is 16.3. The summed E-state index contributed by atoms with van der Waals surface area (Å²) in [7, 11) is 2.10. The number of aryl methyl sites for hydroxylation is 1. The molecule has 1 aromatic rings. The SMILES string of the molecule is CCc1nnc(NC(=O)CSC(=S)N2CCN(C)CC2)s1. The first-order valence-corrected chi connectivity index (χ1v) is 9.02. The Balaban J connectivity index is 1.72. The molecule has 6 nitrogen and oxygen atoms in total. The van der Waals surface area contributed by atoms with E-state index in [-0.39, 0.29) is 5.91 Å². The Kier molecular flexibility index (Phi) is 6.34. The second-order valence-electron chi connectivity index (χ2n) is 4.75. The first-order chi connectivity index (χ1) is 10.1. The van der Waals surface area contributed by atoms with Crippen LogP contribution in [0.4, 0.5) is 5.13 Å². The number of carbonyl (C=O) groups is 1. The van der Waals surface area contributed by atoms with Crippen LogP contribution in [0.2, 0.25) is 0 Å². The zero-order chi connectivity index (χ0) is 15.2. The molecular weight excluding hydrogens is 326 g/mol. The van der Waals surface area contributed by atoms with Crippen molar-refractivity contribution in [2.75, 3.05) is 44.3 Å². The first-order valence-electron chi connectivity index (χ1n) is 6.81. The number of hydrogen-bond donors (Lipinski definition) is 1. The number of thioether (sulfide) groups is 1. The average molecular weight is 346 g/mol. The van der Waals surface area contributed by atoms with E-state index in [1.165, 1.54) is 23.1 Å². The number of anilines is 1. The Morgan fingerprint density at radius 3 is 2.71 bits per heavy atom. The van der Waals surface area contributed by atoms with Crippen LogP contribution >= 0.6 is 35.3 Å². The molecule has 116 valence electrons. The molecule has 21 heavy (non-hydrogen) atoms. The zero-order valence-corrected chi connectivity index (χ0v) is 14.6. The predicted molar refractivity (Wildman–Crippen MR) is 92.0 cm³/mol. The second kappa shape index (κ2) is 8.02. The third-order valence-electron chi connectivity index (χ3n) is 3.10. The van der Waals surface area contributed by atoms with Crippen molar-refractivity contribution in [2.24, 2.45) is 0 Å². The molecule has 0 radical (unpaired) electrons. The Morgan fingerprint density at radius 2 is 2.10 bits per heavy atom. The number of thiocarbonyl (C=S) groups is 1. The van der Waals surface area contributed by atoms with Crippen LogP contribution in [0.15, 0.2) is 0 Å². The van der Waals surface area contributed by atoms with Gasteiger partial charge < -0.3 is 9.80 Å². The molecule has 1 aliphatic heterocycles. The van der Waals surface area contributed by atoms with Gasteiger partial charge in [0.05, 0.1) is 5.75 Å². The fourth-order valence-corrected chi connectivity index (χ4v) is 3.56. The number of likely N-dealkylation sites (N-methyl/N-ethyl adjacent to an activating group) is 1. The highest BCUT2D eigenvalue weighted by Crippen LogP contribution is 2.17. The van der Waals surface area contributed by atoms with E-state index in [0.717, 1.165) is 41.9 Å².